The number of hydrogen-bond donors (Lipinski definition) is 2. The van der Waals surface area contributed by atoms with Crippen molar-refractivity contribution in [2.75, 3.05) is 18.6 Å². The molecule has 94 valence electrons. The molecule has 1 aromatic rings. The topological polar surface area (TPSA) is 66.4 Å². The summed E-state index contributed by atoms with van der Waals surface area (Å²) in [6.07, 6.45) is 2.28. The van der Waals surface area contributed by atoms with Gasteiger partial charge in [0.05, 0.1) is 5.56 Å². The Labute approximate surface area is 111 Å². The molecule has 0 aliphatic carbocycles. The number of phenols is 1. The molecule has 0 bridgehead atoms. The molecule has 0 aromatic heterocycles. The largest absolute Gasteiger partial charge is 0.507 e. The molecule has 0 radical (unpaired) electrons. The van der Waals surface area contributed by atoms with Crippen molar-refractivity contribution in [2.45, 2.75) is 6.42 Å². The summed E-state index contributed by atoms with van der Waals surface area (Å²) in [4.78, 5) is 11.7. The molecule has 0 fully saturated rings. The molecule has 0 spiro atoms. The van der Waals surface area contributed by atoms with Crippen LogP contribution in [0.25, 0.3) is 0 Å². The Morgan fingerprint density at radius 1 is 1.53 bits per heavy atom. The van der Waals surface area contributed by atoms with E-state index in [-0.39, 0.29) is 17.2 Å². The number of halogens is 1. The molecule has 2 N–H and O–H groups in total. The summed E-state index contributed by atoms with van der Waals surface area (Å²) in [5, 5.41) is 12.2. The highest BCUT2D eigenvalue weighted by Crippen LogP contribution is 2.21. The summed E-state index contributed by atoms with van der Waals surface area (Å²) in [6, 6.07) is 4.68. The molecule has 4 nitrogen and oxygen atoms in total. The second kappa shape index (κ2) is 6.76. The van der Waals surface area contributed by atoms with Crippen molar-refractivity contribution < 1.29 is 14.1 Å². The van der Waals surface area contributed by atoms with E-state index in [1.807, 2.05) is 0 Å². The van der Waals surface area contributed by atoms with Crippen molar-refractivity contribution in [1.82, 2.24) is 5.32 Å². The molecule has 1 unspecified atom stereocenters. The zero-order valence-corrected chi connectivity index (χ0v) is 11.8. The van der Waals surface area contributed by atoms with Gasteiger partial charge in [0.25, 0.3) is 5.91 Å². The van der Waals surface area contributed by atoms with Gasteiger partial charge in [-0.25, -0.2) is 0 Å². The van der Waals surface area contributed by atoms with Gasteiger partial charge < -0.3 is 10.4 Å². The molecule has 0 aliphatic rings. The third-order valence-corrected chi connectivity index (χ3v) is 3.45. The van der Waals surface area contributed by atoms with Crippen LogP contribution in [0.5, 0.6) is 5.75 Å². The Bertz CT molecular complexity index is 437. The smallest absolute Gasteiger partial charge is 0.255 e. The number of carbonyl (C=O) groups excluding carboxylic acids is 1. The molecule has 0 aliphatic heterocycles. The zero-order valence-electron chi connectivity index (χ0n) is 9.40. The molecule has 0 saturated heterocycles. The lowest BCUT2D eigenvalue weighted by atomic mass is 10.2. The second-order valence-electron chi connectivity index (χ2n) is 3.55. The van der Waals surface area contributed by atoms with Crippen molar-refractivity contribution in [3.05, 3.63) is 28.2 Å². The minimum Gasteiger partial charge on any atom is -0.507 e. The number of rotatable bonds is 5. The molecular weight excluding hydrogens is 306 g/mol. The molecule has 0 heterocycles. The third-order valence-electron chi connectivity index (χ3n) is 2.10. The fraction of sp³-hybridized carbons (Fsp3) is 0.364. The van der Waals surface area contributed by atoms with Crippen LogP contribution in [0.2, 0.25) is 0 Å². The number of carbonyl (C=O) groups is 1. The maximum Gasteiger partial charge on any atom is 0.255 e. The number of nitrogens with one attached hydrogen (secondary N) is 1. The fourth-order valence-electron chi connectivity index (χ4n) is 1.26. The Kier molecular flexibility index (Phi) is 5.64. The number of aromatic hydroxyl groups is 1. The van der Waals surface area contributed by atoms with Crippen molar-refractivity contribution in [3.63, 3.8) is 0 Å². The van der Waals surface area contributed by atoms with Crippen LogP contribution in [0.4, 0.5) is 0 Å². The standard InChI is InChI=1S/C11H14BrNO3S/c1-17(16)6-2-5-13-11(15)9-7-8(12)3-4-10(9)14/h3-4,7,14H,2,5-6H2,1H3,(H,13,15). The van der Waals surface area contributed by atoms with Crippen LogP contribution in [0, 0.1) is 0 Å². The van der Waals surface area contributed by atoms with Crippen molar-refractivity contribution in [3.8, 4) is 5.75 Å². The maximum absolute atomic E-state index is 11.7. The van der Waals surface area contributed by atoms with Crippen molar-refractivity contribution in [2.24, 2.45) is 0 Å². The van der Waals surface area contributed by atoms with Gasteiger partial charge in [-0.05, 0) is 24.6 Å². The van der Waals surface area contributed by atoms with E-state index >= 15 is 0 Å². The molecule has 1 aromatic carbocycles. The first-order valence-electron chi connectivity index (χ1n) is 5.07. The van der Waals surface area contributed by atoms with Crippen molar-refractivity contribution in [1.29, 1.82) is 0 Å². The lowest BCUT2D eigenvalue weighted by Gasteiger charge is -2.06. The SMILES string of the molecule is CS(=O)CCCNC(=O)c1cc(Br)ccc1O. The van der Waals surface area contributed by atoms with E-state index in [0.29, 0.717) is 18.7 Å². The van der Waals surface area contributed by atoms with Crippen LogP contribution in [0.15, 0.2) is 22.7 Å². The molecular formula is C11H14BrNO3S. The molecule has 0 saturated carbocycles. The van der Waals surface area contributed by atoms with Crippen LogP contribution in [-0.4, -0.2) is 33.8 Å². The van der Waals surface area contributed by atoms with E-state index in [9.17, 15) is 14.1 Å². The Morgan fingerprint density at radius 3 is 2.88 bits per heavy atom. The molecule has 1 atom stereocenters. The third kappa shape index (κ3) is 4.87. The summed E-state index contributed by atoms with van der Waals surface area (Å²) in [5.41, 5.74) is 0.233. The van der Waals surface area contributed by atoms with E-state index in [4.69, 9.17) is 0 Å². The molecule has 6 heteroatoms. The number of amides is 1. The Hall–Kier alpha value is -0.880. The lowest BCUT2D eigenvalue weighted by molar-refractivity contribution is 0.0951. The summed E-state index contributed by atoms with van der Waals surface area (Å²) >= 11 is 3.23. The van der Waals surface area contributed by atoms with Gasteiger partial charge in [0.2, 0.25) is 0 Å². The minimum atomic E-state index is -0.841. The lowest BCUT2D eigenvalue weighted by Crippen LogP contribution is -2.25. The van der Waals surface area contributed by atoms with Gasteiger partial charge in [0.1, 0.15) is 5.75 Å². The van der Waals surface area contributed by atoms with Gasteiger partial charge in [-0.15, -0.1) is 0 Å². The zero-order chi connectivity index (χ0) is 12.8. The van der Waals surface area contributed by atoms with Crippen molar-refractivity contribution >= 4 is 32.6 Å². The van der Waals surface area contributed by atoms with Crippen LogP contribution >= 0.6 is 15.9 Å². The normalized spacial score (nSPS) is 12.1. The average molecular weight is 320 g/mol. The predicted molar refractivity (Wildman–Crippen MR) is 71.7 cm³/mol. The summed E-state index contributed by atoms with van der Waals surface area (Å²) in [5.74, 6) is 0.181. The van der Waals surface area contributed by atoms with Gasteiger partial charge in [-0.1, -0.05) is 15.9 Å². The molecule has 1 amide bonds. The van der Waals surface area contributed by atoms with Gasteiger partial charge >= 0.3 is 0 Å². The van der Waals surface area contributed by atoms with E-state index < -0.39 is 10.8 Å². The molecule has 1 rings (SSSR count). The number of benzene rings is 1. The highest BCUT2D eigenvalue weighted by atomic mass is 79.9. The summed E-state index contributed by atoms with van der Waals surface area (Å²) in [7, 11) is -0.841. The van der Waals surface area contributed by atoms with Crippen LogP contribution < -0.4 is 5.32 Å². The van der Waals surface area contributed by atoms with E-state index in [1.165, 1.54) is 6.07 Å². The van der Waals surface area contributed by atoms with Gasteiger partial charge in [0, 0.05) is 33.8 Å². The maximum atomic E-state index is 11.7. The number of phenolic OH excluding ortho intramolecular Hbond substituents is 1. The molecule has 17 heavy (non-hydrogen) atoms. The van der Waals surface area contributed by atoms with Gasteiger partial charge in [-0.2, -0.15) is 0 Å². The second-order valence-corrected chi connectivity index (χ2v) is 6.02. The summed E-state index contributed by atoms with van der Waals surface area (Å²) in [6.45, 7) is 0.449. The predicted octanol–water partition coefficient (Wildman–Crippen LogP) is 1.65. The highest BCUT2D eigenvalue weighted by molar-refractivity contribution is 9.10. The Morgan fingerprint density at radius 2 is 2.24 bits per heavy atom. The fourth-order valence-corrected chi connectivity index (χ4v) is 2.17. The minimum absolute atomic E-state index is 0.0511. The number of hydrogen-bond acceptors (Lipinski definition) is 3. The van der Waals surface area contributed by atoms with Crippen LogP contribution in [-0.2, 0) is 10.8 Å². The average Bonchev–Trinajstić information content (AvgIpc) is 2.27. The summed E-state index contributed by atoms with van der Waals surface area (Å²) < 4.78 is 11.5. The van der Waals surface area contributed by atoms with Crippen LogP contribution in [0.3, 0.4) is 0 Å². The van der Waals surface area contributed by atoms with E-state index in [2.05, 4.69) is 21.2 Å². The monoisotopic (exact) mass is 319 g/mol. The quantitative estimate of drug-likeness (QED) is 0.811. The van der Waals surface area contributed by atoms with Gasteiger partial charge in [0.15, 0.2) is 0 Å². The highest BCUT2D eigenvalue weighted by Gasteiger charge is 2.10. The first kappa shape index (κ1) is 14.2. The van der Waals surface area contributed by atoms with Crippen LogP contribution in [0.1, 0.15) is 16.8 Å². The Balaban J connectivity index is 2.52. The van der Waals surface area contributed by atoms with Gasteiger partial charge in [-0.3, -0.25) is 9.00 Å². The van der Waals surface area contributed by atoms with E-state index in [0.717, 1.165) is 4.47 Å². The first-order chi connectivity index (χ1) is 8.00. The van der Waals surface area contributed by atoms with E-state index in [1.54, 1.807) is 18.4 Å². The first-order valence-corrected chi connectivity index (χ1v) is 7.59.